The van der Waals surface area contributed by atoms with E-state index in [1.165, 1.54) is 11.8 Å². The average molecular weight is 452 g/mol. The highest BCUT2D eigenvalue weighted by molar-refractivity contribution is 7.99. The molecule has 3 N–H and O–H groups in total. The summed E-state index contributed by atoms with van der Waals surface area (Å²) in [4.78, 5) is 24.0. The smallest absolute Gasteiger partial charge is 0.250 e. The van der Waals surface area contributed by atoms with Crippen molar-refractivity contribution in [3.8, 4) is 5.75 Å². The summed E-state index contributed by atoms with van der Waals surface area (Å²) >= 11 is 1.23. The van der Waals surface area contributed by atoms with Crippen LogP contribution >= 0.6 is 11.8 Å². The minimum atomic E-state index is -0.604. The molecule has 1 aromatic heterocycles. The van der Waals surface area contributed by atoms with Crippen molar-refractivity contribution < 1.29 is 14.3 Å². The predicted octanol–water partition coefficient (Wildman–Crippen LogP) is 3.49. The zero-order valence-electron chi connectivity index (χ0n) is 18.0. The topological polar surface area (TPSA) is 112 Å². The number of anilines is 1. The summed E-state index contributed by atoms with van der Waals surface area (Å²) in [5, 5.41) is 11.7. The Kier molecular flexibility index (Phi) is 7.67. The van der Waals surface area contributed by atoms with Crippen molar-refractivity contribution in [2.45, 2.75) is 32.2 Å². The number of primary amides is 1. The van der Waals surface area contributed by atoms with Crippen molar-refractivity contribution in [3.05, 3.63) is 77.6 Å². The van der Waals surface area contributed by atoms with Crippen LogP contribution in [0.5, 0.6) is 5.75 Å². The third kappa shape index (κ3) is 5.98. The number of nitrogens with zero attached hydrogens (tertiary/aromatic N) is 3. The molecule has 166 valence electrons. The third-order valence-corrected chi connectivity index (χ3v) is 5.43. The van der Waals surface area contributed by atoms with E-state index >= 15 is 0 Å². The second kappa shape index (κ2) is 10.6. The summed E-state index contributed by atoms with van der Waals surface area (Å²) in [6.45, 7) is 8.54. The van der Waals surface area contributed by atoms with E-state index in [9.17, 15) is 9.59 Å². The highest BCUT2D eigenvalue weighted by Crippen LogP contribution is 2.21. The number of amides is 2. The number of carbonyl (C=O) groups is 2. The number of allylic oxidation sites excluding steroid dienone is 1. The molecule has 3 aromatic rings. The SMILES string of the molecule is C=CCn1c(COc2cc(C)cc(C)c2)nnc1SCC(=O)Nc1ccccc1C(N)=O. The number of thioether (sulfide) groups is 1. The Morgan fingerprint density at radius 1 is 1.19 bits per heavy atom. The number of carbonyl (C=O) groups excluding carboxylic acids is 2. The van der Waals surface area contributed by atoms with Crippen molar-refractivity contribution in [2.75, 3.05) is 11.1 Å². The molecule has 0 fully saturated rings. The van der Waals surface area contributed by atoms with E-state index < -0.39 is 5.91 Å². The zero-order chi connectivity index (χ0) is 23.1. The van der Waals surface area contributed by atoms with E-state index in [0.717, 1.165) is 16.9 Å². The Labute approximate surface area is 190 Å². The minimum absolute atomic E-state index is 0.0836. The number of benzene rings is 2. The molecule has 9 heteroatoms. The molecule has 0 atom stereocenters. The molecule has 0 saturated carbocycles. The minimum Gasteiger partial charge on any atom is -0.486 e. The quantitative estimate of drug-likeness (QED) is 0.360. The monoisotopic (exact) mass is 451 g/mol. The van der Waals surface area contributed by atoms with Crippen LogP contribution in [-0.4, -0.2) is 32.3 Å². The van der Waals surface area contributed by atoms with E-state index in [2.05, 4.69) is 28.2 Å². The van der Waals surface area contributed by atoms with Crippen LogP contribution in [0.25, 0.3) is 0 Å². The van der Waals surface area contributed by atoms with Gasteiger partial charge in [0.25, 0.3) is 5.91 Å². The number of aromatic nitrogens is 3. The number of para-hydroxylation sites is 1. The van der Waals surface area contributed by atoms with Crippen molar-refractivity contribution in [2.24, 2.45) is 5.73 Å². The second-order valence-corrected chi connectivity index (χ2v) is 8.10. The summed E-state index contributed by atoms with van der Waals surface area (Å²) in [5.74, 6) is 0.585. The van der Waals surface area contributed by atoms with Gasteiger partial charge in [-0.2, -0.15) is 0 Å². The van der Waals surface area contributed by atoms with Gasteiger partial charge in [0.15, 0.2) is 11.0 Å². The molecule has 32 heavy (non-hydrogen) atoms. The van der Waals surface area contributed by atoms with Gasteiger partial charge in [-0.05, 0) is 49.2 Å². The van der Waals surface area contributed by atoms with Gasteiger partial charge in [-0.1, -0.05) is 36.0 Å². The van der Waals surface area contributed by atoms with Gasteiger partial charge in [-0.15, -0.1) is 16.8 Å². The molecule has 0 radical (unpaired) electrons. The normalized spacial score (nSPS) is 10.6. The van der Waals surface area contributed by atoms with Gasteiger partial charge in [0.2, 0.25) is 5.91 Å². The number of nitrogens with two attached hydrogens (primary N) is 1. The maximum atomic E-state index is 12.4. The Bertz CT molecular complexity index is 1120. The number of nitrogens with one attached hydrogen (secondary N) is 1. The summed E-state index contributed by atoms with van der Waals surface area (Å²) in [5.41, 5.74) is 8.23. The van der Waals surface area contributed by atoms with Crippen LogP contribution in [0, 0.1) is 13.8 Å². The van der Waals surface area contributed by atoms with Crippen molar-refractivity contribution >= 4 is 29.3 Å². The van der Waals surface area contributed by atoms with Gasteiger partial charge >= 0.3 is 0 Å². The lowest BCUT2D eigenvalue weighted by atomic mass is 10.1. The summed E-state index contributed by atoms with van der Waals surface area (Å²) in [6, 6.07) is 12.6. The van der Waals surface area contributed by atoms with Gasteiger partial charge in [-0.25, -0.2) is 0 Å². The first-order chi connectivity index (χ1) is 15.4. The fraction of sp³-hybridized carbons (Fsp3) is 0.217. The van der Waals surface area contributed by atoms with Gasteiger partial charge in [0, 0.05) is 6.54 Å². The van der Waals surface area contributed by atoms with Gasteiger partial charge in [0.05, 0.1) is 17.0 Å². The molecule has 0 aliphatic heterocycles. The van der Waals surface area contributed by atoms with Crippen LogP contribution in [-0.2, 0) is 17.9 Å². The second-order valence-electron chi connectivity index (χ2n) is 7.16. The Hall–Kier alpha value is -3.59. The first-order valence-corrected chi connectivity index (χ1v) is 10.9. The van der Waals surface area contributed by atoms with Crippen LogP contribution in [0.1, 0.15) is 27.3 Å². The van der Waals surface area contributed by atoms with Crippen molar-refractivity contribution in [3.63, 3.8) is 0 Å². The number of hydrogen-bond donors (Lipinski definition) is 2. The average Bonchev–Trinajstić information content (AvgIpc) is 3.12. The number of aryl methyl sites for hydroxylation is 2. The maximum Gasteiger partial charge on any atom is 0.250 e. The Balaban J connectivity index is 1.65. The molecule has 0 unspecified atom stereocenters. The highest BCUT2D eigenvalue weighted by Gasteiger charge is 2.15. The van der Waals surface area contributed by atoms with Gasteiger partial charge in [0.1, 0.15) is 12.4 Å². The number of hydrogen-bond acceptors (Lipinski definition) is 6. The van der Waals surface area contributed by atoms with E-state index in [4.69, 9.17) is 10.5 Å². The lowest BCUT2D eigenvalue weighted by Crippen LogP contribution is -2.19. The lowest BCUT2D eigenvalue weighted by molar-refractivity contribution is -0.113. The fourth-order valence-corrected chi connectivity index (χ4v) is 3.90. The largest absolute Gasteiger partial charge is 0.486 e. The van der Waals surface area contributed by atoms with E-state index in [-0.39, 0.29) is 23.8 Å². The highest BCUT2D eigenvalue weighted by atomic mass is 32.2. The van der Waals surface area contributed by atoms with Gasteiger partial charge < -0.3 is 15.8 Å². The molecule has 0 spiro atoms. The first-order valence-electron chi connectivity index (χ1n) is 9.93. The Morgan fingerprint density at radius 3 is 2.59 bits per heavy atom. The molecule has 2 amide bonds. The lowest BCUT2D eigenvalue weighted by Gasteiger charge is -2.11. The molecule has 0 saturated heterocycles. The van der Waals surface area contributed by atoms with E-state index in [1.807, 2.05) is 30.5 Å². The molecule has 0 aliphatic rings. The maximum absolute atomic E-state index is 12.4. The van der Waals surface area contributed by atoms with E-state index in [1.54, 1.807) is 30.3 Å². The molecule has 3 rings (SSSR count). The summed E-state index contributed by atoms with van der Waals surface area (Å²) < 4.78 is 7.76. The van der Waals surface area contributed by atoms with E-state index in [0.29, 0.717) is 23.2 Å². The third-order valence-electron chi connectivity index (χ3n) is 4.47. The number of ether oxygens (including phenoxy) is 1. The molecular weight excluding hydrogens is 426 g/mol. The molecule has 2 aromatic carbocycles. The first kappa shape index (κ1) is 23.1. The van der Waals surface area contributed by atoms with Crippen LogP contribution in [0.2, 0.25) is 0 Å². The molecule has 0 aliphatic carbocycles. The molecule has 0 bridgehead atoms. The van der Waals surface area contributed by atoms with Crippen LogP contribution in [0.15, 0.2) is 60.3 Å². The number of rotatable bonds is 10. The van der Waals surface area contributed by atoms with Gasteiger partial charge in [-0.3, -0.25) is 14.2 Å². The molecule has 1 heterocycles. The van der Waals surface area contributed by atoms with Crippen LogP contribution in [0.3, 0.4) is 0 Å². The van der Waals surface area contributed by atoms with Crippen molar-refractivity contribution in [1.82, 2.24) is 14.8 Å². The predicted molar refractivity (Wildman–Crippen MR) is 125 cm³/mol. The summed E-state index contributed by atoms with van der Waals surface area (Å²) in [7, 11) is 0. The molecule has 8 nitrogen and oxygen atoms in total. The Morgan fingerprint density at radius 2 is 1.91 bits per heavy atom. The van der Waals surface area contributed by atoms with Crippen LogP contribution in [0.4, 0.5) is 5.69 Å². The standard InChI is InChI=1S/C23H25N5O3S/c1-4-9-28-20(13-31-17-11-15(2)10-16(3)12-17)26-27-23(28)32-14-21(29)25-19-8-6-5-7-18(19)22(24)30/h4-8,10-12H,1,9,13-14H2,2-3H3,(H2,24,30)(H,25,29). The summed E-state index contributed by atoms with van der Waals surface area (Å²) in [6.07, 6.45) is 1.73. The fourth-order valence-electron chi connectivity index (χ4n) is 3.13. The van der Waals surface area contributed by atoms with Crippen molar-refractivity contribution in [1.29, 1.82) is 0 Å². The molecular formula is C23H25N5O3S. The zero-order valence-corrected chi connectivity index (χ0v) is 18.8. The van der Waals surface area contributed by atoms with Crippen LogP contribution < -0.4 is 15.8 Å².